The van der Waals surface area contributed by atoms with Crippen molar-refractivity contribution in [3.8, 4) is 5.75 Å². The van der Waals surface area contributed by atoms with Gasteiger partial charge in [-0.25, -0.2) is 0 Å². The van der Waals surface area contributed by atoms with Gasteiger partial charge in [-0.1, -0.05) is 6.92 Å². The summed E-state index contributed by atoms with van der Waals surface area (Å²) in [4.78, 5) is 0. The Morgan fingerprint density at radius 3 is 2.75 bits per heavy atom. The lowest BCUT2D eigenvalue weighted by atomic mass is 10.1. The Labute approximate surface area is 106 Å². The number of nitrogens with one attached hydrogen (secondary N) is 1. The molecule has 0 aliphatic heterocycles. The maximum absolute atomic E-state index is 5.22. The molecule has 0 aromatic heterocycles. The van der Waals surface area contributed by atoms with Crippen molar-refractivity contribution < 1.29 is 4.74 Å². The lowest BCUT2D eigenvalue weighted by Crippen LogP contribution is -2.20. The van der Waals surface area contributed by atoms with Gasteiger partial charge in [-0.2, -0.15) is 0 Å². The molecule has 1 atom stereocenters. The smallest absolute Gasteiger partial charge is 0.133 e. The number of hydrogen-bond acceptors (Lipinski definition) is 2. The number of ether oxygens (including phenoxy) is 1. The van der Waals surface area contributed by atoms with E-state index in [0.29, 0.717) is 6.04 Å². The van der Waals surface area contributed by atoms with Crippen molar-refractivity contribution in [2.75, 3.05) is 12.4 Å². The average molecular weight is 284 g/mol. The number of benzene rings is 1. The number of halogens is 1. The van der Waals surface area contributed by atoms with Gasteiger partial charge in [-0.05, 0) is 59.3 Å². The lowest BCUT2D eigenvalue weighted by molar-refractivity contribution is 0.412. The minimum absolute atomic E-state index is 0.625. The molecule has 1 aromatic rings. The monoisotopic (exact) mass is 283 g/mol. The Balaban J connectivity index is 2.05. The predicted octanol–water partition coefficient (Wildman–Crippen LogP) is 4.06. The van der Waals surface area contributed by atoms with Gasteiger partial charge < -0.3 is 10.1 Å². The quantitative estimate of drug-likeness (QED) is 0.880. The highest BCUT2D eigenvalue weighted by molar-refractivity contribution is 9.10. The van der Waals surface area contributed by atoms with E-state index >= 15 is 0 Å². The Morgan fingerprint density at radius 2 is 2.25 bits per heavy atom. The first-order valence-corrected chi connectivity index (χ1v) is 6.64. The maximum Gasteiger partial charge on any atom is 0.133 e. The van der Waals surface area contributed by atoms with Crippen molar-refractivity contribution in [2.24, 2.45) is 5.92 Å². The van der Waals surface area contributed by atoms with Gasteiger partial charge >= 0.3 is 0 Å². The Morgan fingerprint density at radius 1 is 1.50 bits per heavy atom. The van der Waals surface area contributed by atoms with Crippen LogP contribution in [0, 0.1) is 5.92 Å². The number of rotatable bonds is 5. The standard InChI is InChI=1S/C13H18BrNO/c1-3-12(9-4-5-9)15-10-6-7-13(16-2)11(14)8-10/h6-9,12,15H,3-5H2,1-2H3. The van der Waals surface area contributed by atoms with E-state index < -0.39 is 0 Å². The summed E-state index contributed by atoms with van der Waals surface area (Å²) in [7, 11) is 1.69. The molecular formula is C13H18BrNO. The summed E-state index contributed by atoms with van der Waals surface area (Å²) < 4.78 is 6.22. The van der Waals surface area contributed by atoms with Crippen LogP contribution in [0.1, 0.15) is 26.2 Å². The molecule has 1 fully saturated rings. The van der Waals surface area contributed by atoms with E-state index in [4.69, 9.17) is 4.74 Å². The Bertz CT molecular complexity index is 363. The van der Waals surface area contributed by atoms with Gasteiger partial charge in [0.2, 0.25) is 0 Å². The molecule has 0 amide bonds. The van der Waals surface area contributed by atoms with Gasteiger partial charge in [0.1, 0.15) is 5.75 Å². The van der Waals surface area contributed by atoms with Gasteiger partial charge in [0.15, 0.2) is 0 Å². The highest BCUT2D eigenvalue weighted by Gasteiger charge is 2.29. The first-order valence-electron chi connectivity index (χ1n) is 5.84. The van der Waals surface area contributed by atoms with Gasteiger partial charge in [0.05, 0.1) is 11.6 Å². The number of hydrogen-bond donors (Lipinski definition) is 1. The molecule has 3 heteroatoms. The predicted molar refractivity (Wildman–Crippen MR) is 71.1 cm³/mol. The third kappa shape index (κ3) is 2.70. The third-order valence-electron chi connectivity index (χ3n) is 3.13. The second-order valence-corrected chi connectivity index (χ2v) is 5.20. The minimum atomic E-state index is 0.625. The summed E-state index contributed by atoms with van der Waals surface area (Å²) in [5, 5.41) is 3.60. The molecule has 1 aliphatic carbocycles. The van der Waals surface area contributed by atoms with Crippen molar-refractivity contribution in [1.29, 1.82) is 0 Å². The summed E-state index contributed by atoms with van der Waals surface area (Å²) in [5.74, 6) is 1.76. The Hall–Kier alpha value is -0.700. The molecule has 16 heavy (non-hydrogen) atoms. The summed E-state index contributed by atoms with van der Waals surface area (Å²) in [6, 6.07) is 6.78. The SMILES string of the molecule is CCC(Nc1ccc(OC)c(Br)c1)C1CC1. The molecular weight excluding hydrogens is 266 g/mol. The molecule has 2 rings (SSSR count). The Kier molecular flexibility index (Phi) is 3.74. The van der Waals surface area contributed by atoms with E-state index in [9.17, 15) is 0 Å². The zero-order valence-electron chi connectivity index (χ0n) is 9.79. The van der Waals surface area contributed by atoms with Crippen LogP contribution in [0.5, 0.6) is 5.75 Å². The zero-order chi connectivity index (χ0) is 11.5. The minimum Gasteiger partial charge on any atom is -0.496 e. The van der Waals surface area contributed by atoms with Gasteiger partial charge in [-0.3, -0.25) is 0 Å². The second kappa shape index (κ2) is 5.09. The molecule has 0 heterocycles. The summed E-state index contributed by atoms with van der Waals surface area (Å²) in [6.07, 6.45) is 3.94. The van der Waals surface area contributed by atoms with Crippen LogP contribution in [0.2, 0.25) is 0 Å². The van der Waals surface area contributed by atoms with Gasteiger partial charge in [-0.15, -0.1) is 0 Å². The van der Waals surface area contributed by atoms with Crippen LogP contribution < -0.4 is 10.1 Å². The van der Waals surface area contributed by atoms with Crippen molar-refractivity contribution >= 4 is 21.6 Å². The van der Waals surface area contributed by atoms with E-state index in [1.807, 2.05) is 6.07 Å². The molecule has 0 saturated heterocycles. The average Bonchev–Trinajstić information content (AvgIpc) is 3.10. The maximum atomic E-state index is 5.22. The van der Waals surface area contributed by atoms with E-state index in [2.05, 4.69) is 40.3 Å². The molecule has 1 N–H and O–H groups in total. The van der Waals surface area contributed by atoms with Crippen LogP contribution >= 0.6 is 15.9 Å². The highest BCUT2D eigenvalue weighted by Crippen LogP contribution is 2.36. The largest absolute Gasteiger partial charge is 0.496 e. The second-order valence-electron chi connectivity index (χ2n) is 4.35. The van der Waals surface area contributed by atoms with Crippen molar-refractivity contribution in [2.45, 2.75) is 32.2 Å². The molecule has 1 aromatic carbocycles. The van der Waals surface area contributed by atoms with E-state index in [-0.39, 0.29) is 0 Å². The van der Waals surface area contributed by atoms with Crippen molar-refractivity contribution in [3.05, 3.63) is 22.7 Å². The van der Waals surface area contributed by atoms with Crippen LogP contribution in [0.4, 0.5) is 5.69 Å². The van der Waals surface area contributed by atoms with Crippen LogP contribution in [0.15, 0.2) is 22.7 Å². The normalized spacial score (nSPS) is 16.9. The summed E-state index contributed by atoms with van der Waals surface area (Å²) in [6.45, 7) is 2.24. The van der Waals surface area contributed by atoms with E-state index in [0.717, 1.165) is 16.1 Å². The lowest BCUT2D eigenvalue weighted by Gasteiger charge is -2.18. The van der Waals surface area contributed by atoms with Crippen LogP contribution in [0.25, 0.3) is 0 Å². The molecule has 88 valence electrons. The first kappa shape index (κ1) is 11.8. The zero-order valence-corrected chi connectivity index (χ0v) is 11.4. The van der Waals surface area contributed by atoms with Crippen molar-refractivity contribution in [1.82, 2.24) is 0 Å². The highest BCUT2D eigenvalue weighted by atomic mass is 79.9. The van der Waals surface area contributed by atoms with E-state index in [1.165, 1.54) is 24.9 Å². The molecule has 1 aliphatic rings. The summed E-state index contributed by atoms with van der Waals surface area (Å²) >= 11 is 3.51. The third-order valence-corrected chi connectivity index (χ3v) is 3.75. The first-order chi connectivity index (χ1) is 7.74. The fourth-order valence-electron chi connectivity index (χ4n) is 2.02. The van der Waals surface area contributed by atoms with Crippen LogP contribution in [-0.2, 0) is 0 Å². The molecule has 1 saturated carbocycles. The summed E-state index contributed by atoms with van der Waals surface area (Å²) in [5.41, 5.74) is 1.17. The number of methoxy groups -OCH3 is 1. The van der Waals surface area contributed by atoms with Crippen LogP contribution in [-0.4, -0.2) is 13.2 Å². The van der Waals surface area contributed by atoms with Crippen molar-refractivity contribution in [3.63, 3.8) is 0 Å². The molecule has 0 bridgehead atoms. The molecule has 1 unspecified atom stereocenters. The van der Waals surface area contributed by atoms with Gasteiger partial charge in [0.25, 0.3) is 0 Å². The number of anilines is 1. The van der Waals surface area contributed by atoms with Crippen LogP contribution in [0.3, 0.4) is 0 Å². The van der Waals surface area contributed by atoms with Gasteiger partial charge in [0, 0.05) is 11.7 Å². The fourth-order valence-corrected chi connectivity index (χ4v) is 2.56. The molecule has 2 nitrogen and oxygen atoms in total. The molecule has 0 spiro atoms. The fraction of sp³-hybridized carbons (Fsp3) is 0.538. The topological polar surface area (TPSA) is 21.3 Å². The molecule has 0 radical (unpaired) electrons. The van der Waals surface area contributed by atoms with E-state index in [1.54, 1.807) is 7.11 Å².